The summed E-state index contributed by atoms with van der Waals surface area (Å²) in [6.07, 6.45) is 24.1. The summed E-state index contributed by atoms with van der Waals surface area (Å²) < 4.78 is 0. The first-order valence-electron chi connectivity index (χ1n) is 12.3. The van der Waals surface area contributed by atoms with Crippen LogP contribution in [-0.2, 0) is 0 Å². The van der Waals surface area contributed by atoms with Gasteiger partial charge in [-0.1, -0.05) is 111 Å². The van der Waals surface area contributed by atoms with Gasteiger partial charge < -0.3 is 0 Å². The Hall–Kier alpha value is -0.0400. The number of nitrogens with zero attached hydrogens (tertiary/aromatic N) is 1. The maximum absolute atomic E-state index is 2.79. The minimum atomic E-state index is 0.377. The average Bonchev–Trinajstić information content (AvgIpc) is 2.64. The standard InChI is InChI=1S/C25H53N/c1-6-9-11-13-15-17-19-21-23-26(25(4,5)8-3)24-22-20-18-16-14-12-10-7-2/h6-24H2,1-5H3. The molecule has 0 bridgehead atoms. The Balaban J connectivity index is 3.82. The third-order valence-corrected chi connectivity index (χ3v) is 6.28. The lowest BCUT2D eigenvalue weighted by atomic mass is 9.97. The van der Waals surface area contributed by atoms with Crippen LogP contribution in [0.2, 0.25) is 0 Å². The summed E-state index contributed by atoms with van der Waals surface area (Å²) in [5.41, 5.74) is 0.377. The van der Waals surface area contributed by atoms with Crippen LogP contribution in [0.1, 0.15) is 144 Å². The summed E-state index contributed by atoms with van der Waals surface area (Å²) in [7, 11) is 0. The van der Waals surface area contributed by atoms with E-state index in [1.54, 1.807) is 0 Å². The molecule has 0 saturated carbocycles. The second kappa shape index (κ2) is 18.3. The summed E-state index contributed by atoms with van der Waals surface area (Å²) in [5, 5.41) is 0. The van der Waals surface area contributed by atoms with Crippen LogP contribution in [0.25, 0.3) is 0 Å². The molecule has 1 heteroatoms. The summed E-state index contributed by atoms with van der Waals surface area (Å²) in [6.45, 7) is 14.5. The van der Waals surface area contributed by atoms with Crippen molar-refractivity contribution in [3.05, 3.63) is 0 Å². The van der Waals surface area contributed by atoms with Crippen LogP contribution >= 0.6 is 0 Å². The highest BCUT2D eigenvalue weighted by Gasteiger charge is 2.23. The second-order valence-corrected chi connectivity index (χ2v) is 9.10. The lowest BCUT2D eigenvalue weighted by Crippen LogP contribution is -2.44. The van der Waals surface area contributed by atoms with Crippen molar-refractivity contribution >= 4 is 0 Å². The predicted molar refractivity (Wildman–Crippen MR) is 121 cm³/mol. The van der Waals surface area contributed by atoms with Gasteiger partial charge in [-0.2, -0.15) is 0 Å². The number of rotatable bonds is 20. The van der Waals surface area contributed by atoms with Gasteiger partial charge in [0.25, 0.3) is 0 Å². The normalized spacial score (nSPS) is 12.2. The molecule has 0 saturated heterocycles. The molecule has 0 unspecified atom stereocenters. The zero-order chi connectivity index (χ0) is 19.5. The zero-order valence-corrected chi connectivity index (χ0v) is 19.4. The number of unbranched alkanes of at least 4 members (excludes halogenated alkanes) is 14. The van der Waals surface area contributed by atoms with Crippen molar-refractivity contribution in [3.8, 4) is 0 Å². The van der Waals surface area contributed by atoms with Gasteiger partial charge in [0.2, 0.25) is 0 Å². The molecular formula is C25H53N. The van der Waals surface area contributed by atoms with E-state index in [4.69, 9.17) is 0 Å². The highest BCUT2D eigenvalue weighted by Crippen LogP contribution is 2.21. The van der Waals surface area contributed by atoms with Crippen molar-refractivity contribution in [1.29, 1.82) is 0 Å². The van der Waals surface area contributed by atoms with E-state index in [1.165, 1.54) is 122 Å². The van der Waals surface area contributed by atoms with Crippen LogP contribution in [0, 0.1) is 0 Å². The van der Waals surface area contributed by atoms with Crippen LogP contribution in [-0.4, -0.2) is 23.5 Å². The van der Waals surface area contributed by atoms with Crippen LogP contribution in [0.15, 0.2) is 0 Å². The maximum Gasteiger partial charge on any atom is 0.0150 e. The zero-order valence-electron chi connectivity index (χ0n) is 19.4. The third kappa shape index (κ3) is 15.1. The molecule has 0 aromatic heterocycles. The third-order valence-electron chi connectivity index (χ3n) is 6.28. The fraction of sp³-hybridized carbons (Fsp3) is 1.00. The Labute approximate surface area is 167 Å². The highest BCUT2D eigenvalue weighted by atomic mass is 15.2. The van der Waals surface area contributed by atoms with Gasteiger partial charge in [0.05, 0.1) is 0 Å². The summed E-state index contributed by atoms with van der Waals surface area (Å²) >= 11 is 0. The fourth-order valence-electron chi connectivity index (χ4n) is 3.81. The topological polar surface area (TPSA) is 3.24 Å². The molecule has 0 atom stereocenters. The molecular weight excluding hydrogens is 314 g/mol. The molecule has 158 valence electrons. The molecule has 0 N–H and O–H groups in total. The smallest absolute Gasteiger partial charge is 0.0150 e. The maximum atomic E-state index is 2.79. The van der Waals surface area contributed by atoms with E-state index in [9.17, 15) is 0 Å². The second-order valence-electron chi connectivity index (χ2n) is 9.10. The van der Waals surface area contributed by atoms with Gasteiger partial charge in [0.15, 0.2) is 0 Å². The largest absolute Gasteiger partial charge is 0.298 e. The van der Waals surface area contributed by atoms with E-state index >= 15 is 0 Å². The van der Waals surface area contributed by atoms with Crippen molar-refractivity contribution in [2.24, 2.45) is 0 Å². The van der Waals surface area contributed by atoms with E-state index in [1.807, 2.05) is 0 Å². The van der Waals surface area contributed by atoms with Crippen LogP contribution < -0.4 is 0 Å². The van der Waals surface area contributed by atoms with Crippen molar-refractivity contribution in [3.63, 3.8) is 0 Å². The van der Waals surface area contributed by atoms with E-state index in [-0.39, 0.29) is 0 Å². The summed E-state index contributed by atoms with van der Waals surface area (Å²) in [5.74, 6) is 0. The van der Waals surface area contributed by atoms with Crippen LogP contribution in [0.5, 0.6) is 0 Å². The van der Waals surface area contributed by atoms with Crippen molar-refractivity contribution in [2.45, 2.75) is 149 Å². The van der Waals surface area contributed by atoms with E-state index < -0.39 is 0 Å². The first-order chi connectivity index (χ1) is 12.6. The molecule has 0 aliphatic heterocycles. The van der Waals surface area contributed by atoms with Gasteiger partial charge in [-0.25, -0.2) is 0 Å². The minimum absolute atomic E-state index is 0.377. The van der Waals surface area contributed by atoms with Gasteiger partial charge >= 0.3 is 0 Å². The quantitative estimate of drug-likeness (QED) is 0.194. The van der Waals surface area contributed by atoms with Gasteiger partial charge in [-0.15, -0.1) is 0 Å². The van der Waals surface area contributed by atoms with Gasteiger partial charge in [-0.3, -0.25) is 4.90 Å². The molecule has 0 heterocycles. The number of hydrogen-bond acceptors (Lipinski definition) is 1. The Morgan fingerprint density at radius 2 is 0.769 bits per heavy atom. The van der Waals surface area contributed by atoms with Crippen LogP contribution in [0.4, 0.5) is 0 Å². The molecule has 0 spiro atoms. The Bertz CT molecular complexity index is 251. The van der Waals surface area contributed by atoms with Crippen LogP contribution in [0.3, 0.4) is 0 Å². The lowest BCUT2D eigenvalue weighted by Gasteiger charge is -2.38. The van der Waals surface area contributed by atoms with Crippen molar-refractivity contribution in [1.82, 2.24) is 4.90 Å². The van der Waals surface area contributed by atoms with Crippen molar-refractivity contribution < 1.29 is 0 Å². The molecule has 26 heavy (non-hydrogen) atoms. The molecule has 0 aliphatic rings. The van der Waals surface area contributed by atoms with E-state index in [0.717, 1.165) is 0 Å². The summed E-state index contributed by atoms with van der Waals surface area (Å²) in [6, 6.07) is 0. The first kappa shape index (κ1) is 26.0. The fourth-order valence-corrected chi connectivity index (χ4v) is 3.81. The predicted octanol–water partition coefficient (Wildman–Crippen LogP) is 8.76. The Morgan fingerprint density at radius 1 is 0.462 bits per heavy atom. The molecule has 0 fully saturated rings. The molecule has 0 amide bonds. The lowest BCUT2D eigenvalue weighted by molar-refractivity contribution is 0.110. The van der Waals surface area contributed by atoms with Gasteiger partial charge in [-0.05, 0) is 46.2 Å². The van der Waals surface area contributed by atoms with Crippen molar-refractivity contribution in [2.75, 3.05) is 13.1 Å². The molecule has 0 aromatic carbocycles. The Morgan fingerprint density at radius 3 is 1.08 bits per heavy atom. The monoisotopic (exact) mass is 367 g/mol. The summed E-state index contributed by atoms with van der Waals surface area (Å²) in [4.78, 5) is 2.79. The SMILES string of the molecule is CCCCCCCCCCN(CCCCCCCCCC)C(C)(C)CC. The minimum Gasteiger partial charge on any atom is -0.298 e. The average molecular weight is 368 g/mol. The molecule has 0 aliphatic carbocycles. The molecule has 0 aromatic rings. The van der Waals surface area contributed by atoms with E-state index in [2.05, 4.69) is 39.5 Å². The van der Waals surface area contributed by atoms with E-state index in [0.29, 0.717) is 5.54 Å². The molecule has 0 rings (SSSR count). The van der Waals surface area contributed by atoms with Gasteiger partial charge in [0.1, 0.15) is 0 Å². The molecule has 1 nitrogen and oxygen atoms in total. The first-order valence-corrected chi connectivity index (χ1v) is 12.3. The highest BCUT2D eigenvalue weighted by molar-refractivity contribution is 4.80. The van der Waals surface area contributed by atoms with Gasteiger partial charge in [0, 0.05) is 5.54 Å². The molecule has 0 radical (unpaired) electrons. The number of hydrogen-bond donors (Lipinski definition) is 0. The Kier molecular flexibility index (Phi) is 18.3.